The normalized spacial score (nSPS) is 23.3. The van der Waals surface area contributed by atoms with Crippen LogP contribution in [0.3, 0.4) is 0 Å². The number of hydrogen-bond acceptors (Lipinski definition) is 3. The van der Waals surface area contributed by atoms with Crippen LogP contribution in [0.25, 0.3) is 5.65 Å². The molecule has 0 spiro atoms. The quantitative estimate of drug-likeness (QED) is 0.728. The first-order valence-electron chi connectivity index (χ1n) is 8.43. The Kier molecular flexibility index (Phi) is 2.82. The van der Waals surface area contributed by atoms with Crippen LogP contribution in [0.4, 0.5) is 0 Å². The third kappa shape index (κ3) is 2.01. The molecule has 1 saturated heterocycles. The van der Waals surface area contributed by atoms with Crippen molar-refractivity contribution in [2.75, 3.05) is 0 Å². The number of benzene rings is 1. The second-order valence-corrected chi connectivity index (χ2v) is 6.82. The van der Waals surface area contributed by atoms with Gasteiger partial charge in [-0.05, 0) is 25.3 Å². The maximum atomic E-state index is 4.67. The average molecular weight is 304 g/mol. The fourth-order valence-electron chi connectivity index (χ4n) is 4.34. The zero-order valence-corrected chi connectivity index (χ0v) is 13.3. The highest BCUT2D eigenvalue weighted by Gasteiger charge is 2.41. The summed E-state index contributed by atoms with van der Waals surface area (Å²) >= 11 is 0. The Bertz CT molecular complexity index is 868. The van der Waals surface area contributed by atoms with Gasteiger partial charge in [0, 0.05) is 42.9 Å². The van der Waals surface area contributed by atoms with Crippen molar-refractivity contribution in [3.8, 4) is 0 Å². The van der Waals surface area contributed by atoms with Gasteiger partial charge in [0.2, 0.25) is 0 Å². The van der Waals surface area contributed by atoms with Crippen molar-refractivity contribution in [1.82, 2.24) is 19.5 Å². The minimum atomic E-state index is 0.491. The molecule has 3 aromatic rings. The zero-order valence-electron chi connectivity index (χ0n) is 13.3. The van der Waals surface area contributed by atoms with E-state index >= 15 is 0 Å². The van der Waals surface area contributed by atoms with Crippen molar-refractivity contribution in [2.45, 2.75) is 44.8 Å². The third-order valence-corrected chi connectivity index (χ3v) is 5.38. The predicted molar refractivity (Wildman–Crippen MR) is 89.2 cm³/mol. The molecule has 1 aromatic carbocycles. The summed E-state index contributed by atoms with van der Waals surface area (Å²) in [7, 11) is 0. The SMILES string of the molecule is Cc1cc2ncc3c(n2n1)C[C@@H]1CC[C@@H]3N1Cc1ccccc1. The molecule has 0 radical (unpaired) electrons. The summed E-state index contributed by atoms with van der Waals surface area (Å²) in [5, 5.41) is 4.67. The molecule has 2 aromatic heterocycles. The maximum absolute atomic E-state index is 4.67. The first-order chi connectivity index (χ1) is 11.3. The molecular formula is C19H20N4. The van der Waals surface area contributed by atoms with Gasteiger partial charge in [-0.1, -0.05) is 30.3 Å². The minimum Gasteiger partial charge on any atom is -0.289 e. The zero-order chi connectivity index (χ0) is 15.4. The van der Waals surface area contributed by atoms with E-state index in [1.807, 2.05) is 6.92 Å². The first kappa shape index (κ1) is 13.3. The van der Waals surface area contributed by atoms with Gasteiger partial charge in [-0.25, -0.2) is 9.50 Å². The summed E-state index contributed by atoms with van der Waals surface area (Å²) in [4.78, 5) is 7.32. The molecule has 116 valence electrons. The maximum Gasteiger partial charge on any atom is 0.155 e. The molecule has 0 saturated carbocycles. The van der Waals surface area contributed by atoms with Gasteiger partial charge >= 0.3 is 0 Å². The average Bonchev–Trinajstić information content (AvgIpc) is 3.07. The lowest BCUT2D eigenvalue weighted by Crippen LogP contribution is -2.38. The van der Waals surface area contributed by atoms with Crippen LogP contribution >= 0.6 is 0 Å². The van der Waals surface area contributed by atoms with Crippen LogP contribution in [0.15, 0.2) is 42.6 Å². The van der Waals surface area contributed by atoms with Gasteiger partial charge < -0.3 is 0 Å². The van der Waals surface area contributed by atoms with E-state index in [0.717, 1.165) is 24.3 Å². The van der Waals surface area contributed by atoms with Gasteiger partial charge in [-0.15, -0.1) is 0 Å². The van der Waals surface area contributed by atoms with Crippen LogP contribution in [0.2, 0.25) is 0 Å². The summed E-state index contributed by atoms with van der Waals surface area (Å²) < 4.78 is 2.08. The number of nitrogens with zero attached hydrogens (tertiary/aromatic N) is 4. The van der Waals surface area contributed by atoms with Crippen molar-refractivity contribution in [2.24, 2.45) is 0 Å². The second kappa shape index (κ2) is 4.90. The molecular weight excluding hydrogens is 284 g/mol. The number of aryl methyl sites for hydroxylation is 1. The van der Waals surface area contributed by atoms with Crippen molar-refractivity contribution >= 4 is 5.65 Å². The van der Waals surface area contributed by atoms with Crippen molar-refractivity contribution in [1.29, 1.82) is 0 Å². The van der Waals surface area contributed by atoms with Crippen LogP contribution in [-0.2, 0) is 13.0 Å². The number of fused-ring (bicyclic) bond motifs is 6. The van der Waals surface area contributed by atoms with E-state index < -0.39 is 0 Å². The Hall–Kier alpha value is -2.20. The molecule has 0 unspecified atom stereocenters. The topological polar surface area (TPSA) is 33.4 Å². The van der Waals surface area contributed by atoms with E-state index in [4.69, 9.17) is 0 Å². The molecule has 2 bridgehead atoms. The number of aromatic nitrogens is 3. The van der Waals surface area contributed by atoms with Crippen LogP contribution in [0, 0.1) is 6.92 Å². The lowest BCUT2D eigenvalue weighted by molar-refractivity contribution is 0.165. The van der Waals surface area contributed by atoms with Gasteiger partial charge in [0.25, 0.3) is 0 Å². The summed E-state index contributed by atoms with van der Waals surface area (Å²) in [6.45, 7) is 3.08. The van der Waals surface area contributed by atoms with Gasteiger partial charge in [0.1, 0.15) is 0 Å². The van der Waals surface area contributed by atoms with E-state index in [9.17, 15) is 0 Å². The highest BCUT2D eigenvalue weighted by atomic mass is 15.3. The lowest BCUT2D eigenvalue weighted by Gasteiger charge is -2.36. The van der Waals surface area contributed by atoms with Gasteiger partial charge in [-0.3, -0.25) is 4.90 Å². The predicted octanol–water partition coefficient (Wildman–Crippen LogP) is 3.30. The largest absolute Gasteiger partial charge is 0.289 e. The molecule has 5 rings (SSSR count). The molecule has 4 heteroatoms. The van der Waals surface area contributed by atoms with E-state index in [1.54, 1.807) is 0 Å². The molecule has 0 amide bonds. The summed E-state index contributed by atoms with van der Waals surface area (Å²) in [6.07, 6.45) is 5.68. The molecule has 2 aliphatic rings. The number of rotatable bonds is 2. The fourth-order valence-corrected chi connectivity index (χ4v) is 4.34. The fraction of sp³-hybridized carbons (Fsp3) is 0.368. The molecule has 0 N–H and O–H groups in total. The standard InChI is InChI=1S/C19H20N4/c1-13-9-19-20-11-16-17-8-7-15(10-18(16)23(19)21-13)22(17)12-14-5-3-2-4-6-14/h2-6,9,11,15,17H,7-8,10,12H2,1H3/t15-,17-/m0/s1. The molecule has 1 fully saturated rings. The van der Waals surface area contributed by atoms with Crippen molar-refractivity contribution in [3.63, 3.8) is 0 Å². The Balaban J connectivity index is 1.56. The van der Waals surface area contributed by atoms with Crippen LogP contribution in [-0.4, -0.2) is 25.5 Å². The number of hydrogen-bond donors (Lipinski definition) is 0. The van der Waals surface area contributed by atoms with Gasteiger partial charge in [0.05, 0.1) is 11.4 Å². The molecule has 23 heavy (non-hydrogen) atoms. The highest BCUT2D eigenvalue weighted by molar-refractivity contribution is 5.44. The molecule has 2 aliphatic heterocycles. The Labute approximate surface area is 135 Å². The van der Waals surface area contributed by atoms with Gasteiger partial charge in [-0.2, -0.15) is 5.10 Å². The van der Waals surface area contributed by atoms with Crippen molar-refractivity contribution < 1.29 is 0 Å². The van der Waals surface area contributed by atoms with E-state index in [2.05, 4.69) is 62.1 Å². The van der Waals surface area contributed by atoms with E-state index in [1.165, 1.54) is 29.7 Å². The lowest BCUT2D eigenvalue weighted by atomic mass is 9.98. The van der Waals surface area contributed by atoms with Crippen molar-refractivity contribution in [3.05, 3.63) is 65.1 Å². The Morgan fingerprint density at radius 1 is 1.17 bits per heavy atom. The summed E-state index contributed by atoms with van der Waals surface area (Å²) in [5.74, 6) is 0. The Morgan fingerprint density at radius 2 is 2.04 bits per heavy atom. The molecule has 4 nitrogen and oxygen atoms in total. The molecule has 2 atom stereocenters. The molecule has 4 heterocycles. The van der Waals surface area contributed by atoms with Crippen LogP contribution in [0.1, 0.15) is 41.4 Å². The highest BCUT2D eigenvalue weighted by Crippen LogP contribution is 2.44. The minimum absolute atomic E-state index is 0.491. The third-order valence-electron chi connectivity index (χ3n) is 5.38. The Morgan fingerprint density at radius 3 is 2.91 bits per heavy atom. The van der Waals surface area contributed by atoms with Crippen LogP contribution < -0.4 is 0 Å². The van der Waals surface area contributed by atoms with Crippen LogP contribution in [0.5, 0.6) is 0 Å². The second-order valence-electron chi connectivity index (χ2n) is 6.82. The van der Waals surface area contributed by atoms with E-state index in [0.29, 0.717) is 12.1 Å². The first-order valence-corrected chi connectivity index (χ1v) is 8.43. The van der Waals surface area contributed by atoms with E-state index in [-0.39, 0.29) is 0 Å². The molecule has 0 aliphatic carbocycles. The smallest absolute Gasteiger partial charge is 0.155 e. The van der Waals surface area contributed by atoms with Gasteiger partial charge in [0.15, 0.2) is 5.65 Å². The monoisotopic (exact) mass is 304 g/mol. The summed E-state index contributed by atoms with van der Waals surface area (Å²) in [5.41, 5.74) is 6.18. The summed E-state index contributed by atoms with van der Waals surface area (Å²) in [6, 6.07) is 14.0.